The van der Waals surface area contributed by atoms with Crippen LogP contribution in [0.4, 0.5) is 8.78 Å². The van der Waals surface area contributed by atoms with Crippen molar-refractivity contribution in [3.63, 3.8) is 0 Å². The van der Waals surface area contributed by atoms with E-state index in [2.05, 4.69) is 15.2 Å². The van der Waals surface area contributed by atoms with Gasteiger partial charge in [0, 0.05) is 32.3 Å². The minimum atomic E-state index is -2.99. The van der Waals surface area contributed by atoms with Crippen LogP contribution in [0.1, 0.15) is 24.2 Å². The highest BCUT2D eigenvalue weighted by atomic mass is 19.3. The molecule has 1 aliphatic rings. The van der Waals surface area contributed by atoms with Crippen molar-refractivity contribution in [2.75, 3.05) is 20.3 Å². The Morgan fingerprint density at radius 2 is 2.38 bits per heavy atom. The number of aromatic nitrogens is 4. The van der Waals surface area contributed by atoms with Crippen LogP contribution in [0.15, 0.2) is 23.0 Å². The van der Waals surface area contributed by atoms with Gasteiger partial charge in [0.25, 0.3) is 5.92 Å². The second-order valence-corrected chi connectivity index (χ2v) is 5.59. The minimum Gasteiger partial charge on any atom is -0.384 e. The Balaban J connectivity index is 1.76. The predicted molar refractivity (Wildman–Crippen MR) is 76.1 cm³/mol. The van der Waals surface area contributed by atoms with Crippen LogP contribution in [0, 0.1) is 0 Å². The van der Waals surface area contributed by atoms with Crippen LogP contribution in [-0.4, -0.2) is 56.9 Å². The van der Waals surface area contributed by atoms with Crippen molar-refractivity contribution < 1.29 is 22.8 Å². The first-order valence-corrected chi connectivity index (χ1v) is 7.44. The van der Waals surface area contributed by atoms with E-state index >= 15 is 0 Å². The second-order valence-electron chi connectivity index (χ2n) is 5.59. The number of carbonyl (C=O) groups is 1. The summed E-state index contributed by atoms with van der Waals surface area (Å²) in [6, 6.07) is 0.718. The normalized spacial score (nSPS) is 19.8. The molecule has 0 N–H and O–H groups in total. The maximum absolute atomic E-state index is 13.9. The number of hydrogen-bond acceptors (Lipinski definition) is 6. The topological polar surface area (TPSA) is 86.3 Å². The van der Waals surface area contributed by atoms with E-state index in [1.165, 1.54) is 18.0 Å². The zero-order chi connectivity index (χ0) is 17.2. The van der Waals surface area contributed by atoms with Crippen molar-refractivity contribution in [1.82, 2.24) is 24.8 Å². The second kappa shape index (κ2) is 6.63. The molecule has 1 amide bonds. The van der Waals surface area contributed by atoms with Gasteiger partial charge in [0.15, 0.2) is 5.82 Å². The number of amides is 1. The lowest BCUT2D eigenvalue weighted by molar-refractivity contribution is -0.134. The molecule has 1 aliphatic heterocycles. The summed E-state index contributed by atoms with van der Waals surface area (Å²) in [5, 5.41) is 7.66. The van der Waals surface area contributed by atoms with Crippen LogP contribution < -0.4 is 0 Å². The number of hydrogen-bond donors (Lipinski definition) is 0. The number of rotatable bonds is 6. The lowest BCUT2D eigenvalue weighted by Crippen LogP contribution is -2.35. The lowest BCUT2D eigenvalue weighted by Gasteiger charge is -2.21. The first-order chi connectivity index (χ1) is 11.5. The molecule has 0 bridgehead atoms. The molecule has 24 heavy (non-hydrogen) atoms. The standard InChI is InChI=1S/C14H17F2N5O3/c1-23-6-3-11-18-13(24-19-11)10-7-14(15,16)9-21(10)12(22)8-20-5-2-4-17-20/h2,4-5,10H,3,6-9H2,1H3/t10-/m0/s1. The Kier molecular flexibility index (Phi) is 4.56. The van der Waals surface area contributed by atoms with E-state index in [1.807, 2.05) is 0 Å². The van der Waals surface area contributed by atoms with Gasteiger partial charge in [0.2, 0.25) is 11.8 Å². The van der Waals surface area contributed by atoms with Crippen LogP contribution in [0.3, 0.4) is 0 Å². The van der Waals surface area contributed by atoms with Crippen LogP contribution in [0.25, 0.3) is 0 Å². The van der Waals surface area contributed by atoms with Crippen LogP contribution in [0.5, 0.6) is 0 Å². The molecule has 3 rings (SSSR count). The number of nitrogens with zero attached hydrogens (tertiary/aromatic N) is 5. The van der Waals surface area contributed by atoms with E-state index in [0.29, 0.717) is 18.9 Å². The molecule has 1 atom stereocenters. The van der Waals surface area contributed by atoms with Crippen LogP contribution in [-0.2, 0) is 22.5 Å². The molecule has 0 radical (unpaired) electrons. The van der Waals surface area contributed by atoms with Gasteiger partial charge in [-0.3, -0.25) is 9.48 Å². The fourth-order valence-corrected chi connectivity index (χ4v) is 2.62. The monoisotopic (exact) mass is 341 g/mol. The highest BCUT2D eigenvalue weighted by molar-refractivity contribution is 5.76. The highest BCUT2D eigenvalue weighted by Crippen LogP contribution is 2.40. The molecule has 0 aliphatic carbocycles. The summed E-state index contributed by atoms with van der Waals surface area (Å²) in [4.78, 5) is 17.6. The number of methoxy groups -OCH3 is 1. The number of carbonyl (C=O) groups excluding carboxylic acids is 1. The van der Waals surface area contributed by atoms with E-state index < -0.39 is 30.8 Å². The summed E-state index contributed by atoms with van der Waals surface area (Å²) in [6.45, 7) is -0.403. The molecule has 130 valence electrons. The van der Waals surface area contributed by atoms with Crippen molar-refractivity contribution in [2.24, 2.45) is 0 Å². The van der Waals surface area contributed by atoms with Crippen molar-refractivity contribution in [3.8, 4) is 0 Å². The summed E-state index contributed by atoms with van der Waals surface area (Å²) < 4.78 is 39.1. The third kappa shape index (κ3) is 3.58. The molecular formula is C14H17F2N5O3. The summed E-state index contributed by atoms with van der Waals surface area (Å²) in [5.74, 6) is -3.09. The Morgan fingerprint density at radius 1 is 1.54 bits per heavy atom. The predicted octanol–water partition coefficient (Wildman–Crippen LogP) is 1.06. The average molecular weight is 341 g/mol. The summed E-state index contributed by atoms with van der Waals surface area (Å²) in [6.07, 6.45) is 2.98. The number of halogens is 2. The van der Waals surface area contributed by atoms with Gasteiger partial charge in [-0.2, -0.15) is 10.1 Å². The van der Waals surface area contributed by atoms with E-state index in [-0.39, 0.29) is 12.4 Å². The first-order valence-electron chi connectivity index (χ1n) is 7.44. The third-order valence-electron chi connectivity index (χ3n) is 3.75. The SMILES string of the molecule is COCCc1noc([C@@H]2CC(F)(F)CN2C(=O)Cn2cccn2)n1. The fourth-order valence-electron chi connectivity index (χ4n) is 2.62. The maximum atomic E-state index is 13.9. The summed E-state index contributed by atoms with van der Waals surface area (Å²) >= 11 is 0. The molecule has 8 nitrogen and oxygen atoms in total. The molecule has 0 saturated carbocycles. The first kappa shape index (κ1) is 16.5. The third-order valence-corrected chi connectivity index (χ3v) is 3.75. The van der Waals surface area contributed by atoms with Crippen molar-refractivity contribution in [1.29, 1.82) is 0 Å². The highest BCUT2D eigenvalue weighted by Gasteiger charge is 2.49. The van der Waals surface area contributed by atoms with Crippen LogP contribution in [0.2, 0.25) is 0 Å². The van der Waals surface area contributed by atoms with Gasteiger partial charge in [-0.05, 0) is 6.07 Å². The summed E-state index contributed by atoms with van der Waals surface area (Å²) in [7, 11) is 1.54. The number of likely N-dealkylation sites (tertiary alicyclic amines) is 1. The Hall–Kier alpha value is -2.36. The van der Waals surface area contributed by atoms with Gasteiger partial charge < -0.3 is 14.2 Å². The maximum Gasteiger partial charge on any atom is 0.267 e. The van der Waals surface area contributed by atoms with Gasteiger partial charge in [-0.25, -0.2) is 8.78 Å². The number of alkyl halides is 2. The molecule has 0 unspecified atom stereocenters. The molecule has 2 aromatic heterocycles. The molecule has 3 heterocycles. The Bertz CT molecular complexity index is 688. The molecule has 2 aromatic rings. The van der Waals surface area contributed by atoms with E-state index in [1.54, 1.807) is 12.3 Å². The lowest BCUT2D eigenvalue weighted by atomic mass is 10.2. The van der Waals surface area contributed by atoms with Gasteiger partial charge >= 0.3 is 0 Å². The van der Waals surface area contributed by atoms with Crippen molar-refractivity contribution in [3.05, 3.63) is 30.2 Å². The van der Waals surface area contributed by atoms with E-state index in [4.69, 9.17) is 9.26 Å². The molecule has 10 heteroatoms. The Morgan fingerprint density at radius 3 is 3.08 bits per heavy atom. The fraction of sp³-hybridized carbons (Fsp3) is 0.571. The van der Waals surface area contributed by atoms with Gasteiger partial charge in [0.1, 0.15) is 12.6 Å². The summed E-state index contributed by atoms with van der Waals surface area (Å²) in [5.41, 5.74) is 0. The minimum absolute atomic E-state index is 0.0205. The van der Waals surface area contributed by atoms with E-state index in [0.717, 1.165) is 4.90 Å². The number of ether oxygens (including phenoxy) is 1. The quantitative estimate of drug-likeness (QED) is 0.781. The van der Waals surface area contributed by atoms with Gasteiger partial charge in [-0.1, -0.05) is 5.16 Å². The molecule has 1 fully saturated rings. The zero-order valence-electron chi connectivity index (χ0n) is 13.1. The molecule has 0 aromatic carbocycles. The molecule has 1 saturated heterocycles. The van der Waals surface area contributed by atoms with Gasteiger partial charge in [0.05, 0.1) is 13.2 Å². The van der Waals surface area contributed by atoms with Crippen molar-refractivity contribution >= 4 is 5.91 Å². The van der Waals surface area contributed by atoms with Crippen LogP contribution >= 0.6 is 0 Å². The molecule has 0 spiro atoms. The van der Waals surface area contributed by atoms with Crippen molar-refractivity contribution in [2.45, 2.75) is 31.4 Å². The smallest absolute Gasteiger partial charge is 0.267 e. The average Bonchev–Trinajstić information content (AvgIpc) is 3.24. The largest absolute Gasteiger partial charge is 0.384 e. The molecular weight excluding hydrogens is 324 g/mol. The van der Waals surface area contributed by atoms with E-state index in [9.17, 15) is 13.6 Å². The zero-order valence-corrected chi connectivity index (χ0v) is 13.1. The van der Waals surface area contributed by atoms with Gasteiger partial charge in [-0.15, -0.1) is 0 Å². The Labute approximate surface area is 136 Å².